The minimum atomic E-state index is -0.646. The van der Waals surface area contributed by atoms with E-state index in [9.17, 15) is 0 Å². The SMILES string of the molecule is CC1(C)OC[C@H](CO[C@H]2O[C@H](COCc3ccccc3)[C@H](OCc3ccccc3)[C@H]2OCc2ccccc2)O1. The van der Waals surface area contributed by atoms with Crippen molar-refractivity contribution < 1.29 is 33.2 Å². The van der Waals surface area contributed by atoms with Crippen molar-refractivity contribution in [2.45, 2.75) is 70.2 Å². The summed E-state index contributed by atoms with van der Waals surface area (Å²) in [5.41, 5.74) is 3.24. The van der Waals surface area contributed by atoms with Crippen LogP contribution < -0.4 is 0 Å². The molecule has 0 saturated carbocycles. The van der Waals surface area contributed by atoms with Gasteiger partial charge in [0.05, 0.1) is 39.6 Å². The lowest BCUT2D eigenvalue weighted by Gasteiger charge is -2.25. The number of rotatable bonds is 13. The first-order valence-corrected chi connectivity index (χ1v) is 13.6. The minimum absolute atomic E-state index is 0.185. The number of ether oxygens (including phenoxy) is 7. The fourth-order valence-corrected chi connectivity index (χ4v) is 4.79. The van der Waals surface area contributed by atoms with Crippen molar-refractivity contribution >= 4 is 0 Å². The third kappa shape index (κ3) is 8.19. The monoisotopic (exact) mass is 534 g/mol. The predicted octanol–water partition coefficient (Wildman–Crippen LogP) is 5.27. The molecule has 2 fully saturated rings. The summed E-state index contributed by atoms with van der Waals surface area (Å²) in [5, 5.41) is 0. The predicted molar refractivity (Wildman–Crippen MR) is 146 cm³/mol. The topological polar surface area (TPSA) is 64.6 Å². The van der Waals surface area contributed by atoms with Gasteiger partial charge in [0.2, 0.25) is 0 Å². The molecule has 0 spiro atoms. The Morgan fingerprint density at radius 3 is 1.74 bits per heavy atom. The molecule has 39 heavy (non-hydrogen) atoms. The van der Waals surface area contributed by atoms with Gasteiger partial charge in [0.15, 0.2) is 12.1 Å². The van der Waals surface area contributed by atoms with E-state index in [1.54, 1.807) is 0 Å². The summed E-state index contributed by atoms with van der Waals surface area (Å²) in [6.07, 6.45) is -2.07. The molecule has 0 amide bonds. The van der Waals surface area contributed by atoms with Crippen LogP contribution in [0.25, 0.3) is 0 Å². The van der Waals surface area contributed by atoms with Crippen molar-refractivity contribution in [3.05, 3.63) is 108 Å². The Morgan fingerprint density at radius 1 is 0.667 bits per heavy atom. The van der Waals surface area contributed by atoms with E-state index >= 15 is 0 Å². The molecule has 3 aromatic rings. The summed E-state index contributed by atoms with van der Waals surface area (Å²) in [7, 11) is 0. The number of benzene rings is 3. The van der Waals surface area contributed by atoms with E-state index in [1.165, 1.54) is 0 Å². The highest BCUT2D eigenvalue weighted by atomic mass is 16.8. The lowest BCUT2D eigenvalue weighted by molar-refractivity contribution is -0.203. The molecule has 0 aliphatic carbocycles. The smallest absolute Gasteiger partial charge is 0.187 e. The number of hydrogen-bond donors (Lipinski definition) is 0. The summed E-state index contributed by atoms with van der Waals surface area (Å²) in [5.74, 6) is -0.622. The van der Waals surface area contributed by atoms with Crippen molar-refractivity contribution in [2.24, 2.45) is 0 Å². The maximum Gasteiger partial charge on any atom is 0.187 e. The molecular formula is C32H38O7. The summed E-state index contributed by atoms with van der Waals surface area (Å²) in [4.78, 5) is 0. The highest BCUT2D eigenvalue weighted by Crippen LogP contribution is 2.31. The van der Waals surface area contributed by atoms with Gasteiger partial charge >= 0.3 is 0 Å². The molecule has 2 saturated heterocycles. The summed E-state index contributed by atoms with van der Waals surface area (Å²) < 4.78 is 43.4. The van der Waals surface area contributed by atoms with E-state index in [2.05, 4.69) is 0 Å². The zero-order valence-corrected chi connectivity index (χ0v) is 22.6. The summed E-state index contributed by atoms with van der Waals surface area (Å²) in [6, 6.07) is 30.3. The Labute approximate surface area is 230 Å². The minimum Gasteiger partial charge on any atom is -0.374 e. The largest absolute Gasteiger partial charge is 0.374 e. The number of hydrogen-bond acceptors (Lipinski definition) is 7. The average molecular weight is 535 g/mol. The van der Waals surface area contributed by atoms with Crippen LogP contribution in [-0.2, 0) is 53.0 Å². The fraction of sp³-hybridized carbons (Fsp3) is 0.438. The molecule has 0 bridgehead atoms. The quantitative estimate of drug-likeness (QED) is 0.296. The normalized spacial score (nSPS) is 26.2. The second-order valence-corrected chi connectivity index (χ2v) is 10.4. The van der Waals surface area contributed by atoms with Gasteiger partial charge in [-0.2, -0.15) is 0 Å². The lowest BCUT2D eigenvalue weighted by atomic mass is 10.1. The van der Waals surface area contributed by atoms with Crippen LogP contribution in [0.15, 0.2) is 91.0 Å². The van der Waals surface area contributed by atoms with Crippen LogP contribution in [0.1, 0.15) is 30.5 Å². The molecule has 7 nitrogen and oxygen atoms in total. The Morgan fingerprint density at radius 2 is 1.21 bits per heavy atom. The Hall–Kier alpha value is -2.62. The van der Waals surface area contributed by atoms with Crippen molar-refractivity contribution in [2.75, 3.05) is 19.8 Å². The molecule has 0 radical (unpaired) electrons. The van der Waals surface area contributed by atoms with Crippen molar-refractivity contribution in [1.82, 2.24) is 0 Å². The van der Waals surface area contributed by atoms with Crippen LogP contribution >= 0.6 is 0 Å². The second kappa shape index (κ2) is 13.6. The standard InChI is InChI=1S/C32H38O7/c1-32(2)37-22-27(39-32)21-36-31-30(35-20-26-16-10-5-11-17-26)29(34-19-25-14-8-4-9-15-25)28(38-31)23-33-18-24-12-6-3-7-13-24/h3-17,27-31H,18-23H2,1-2H3/t27-,28+,29-,30+,31-/m0/s1. The molecular weight excluding hydrogens is 496 g/mol. The Kier molecular flexibility index (Phi) is 9.76. The molecule has 2 aliphatic heterocycles. The summed E-state index contributed by atoms with van der Waals surface area (Å²) >= 11 is 0. The fourth-order valence-electron chi connectivity index (χ4n) is 4.79. The Bertz CT molecular complexity index is 1110. The third-order valence-corrected chi connectivity index (χ3v) is 6.75. The molecule has 0 unspecified atom stereocenters. The van der Waals surface area contributed by atoms with Crippen LogP contribution in [0.3, 0.4) is 0 Å². The third-order valence-electron chi connectivity index (χ3n) is 6.75. The lowest BCUT2D eigenvalue weighted by Crippen LogP contribution is -2.40. The van der Waals surface area contributed by atoms with E-state index in [1.807, 2.05) is 105 Å². The van der Waals surface area contributed by atoms with Gasteiger partial charge in [-0.3, -0.25) is 0 Å². The second-order valence-electron chi connectivity index (χ2n) is 10.4. The molecule has 5 atom stereocenters. The molecule has 2 aliphatic rings. The van der Waals surface area contributed by atoms with Crippen LogP contribution in [0.4, 0.5) is 0 Å². The zero-order valence-electron chi connectivity index (χ0n) is 22.6. The average Bonchev–Trinajstić information content (AvgIpc) is 3.49. The molecule has 5 rings (SSSR count). The van der Waals surface area contributed by atoms with Crippen LogP contribution in [0.5, 0.6) is 0 Å². The molecule has 0 aromatic heterocycles. The van der Waals surface area contributed by atoms with Crippen molar-refractivity contribution in [1.29, 1.82) is 0 Å². The van der Waals surface area contributed by atoms with Gasteiger partial charge in [-0.25, -0.2) is 0 Å². The molecule has 3 aromatic carbocycles. The first-order chi connectivity index (χ1) is 19.1. The van der Waals surface area contributed by atoms with Gasteiger partial charge < -0.3 is 33.2 Å². The zero-order chi connectivity index (χ0) is 26.9. The van der Waals surface area contributed by atoms with Crippen LogP contribution in [0.2, 0.25) is 0 Å². The summed E-state index contributed by atoms with van der Waals surface area (Å²) in [6.45, 7) is 6.25. The maximum atomic E-state index is 6.47. The first-order valence-electron chi connectivity index (χ1n) is 13.6. The van der Waals surface area contributed by atoms with Crippen LogP contribution in [-0.4, -0.2) is 56.3 Å². The van der Waals surface area contributed by atoms with Gasteiger partial charge in [0.1, 0.15) is 24.4 Å². The van der Waals surface area contributed by atoms with Gasteiger partial charge in [-0.05, 0) is 30.5 Å². The maximum absolute atomic E-state index is 6.47. The highest BCUT2D eigenvalue weighted by Gasteiger charge is 2.48. The first kappa shape index (κ1) is 27.9. The van der Waals surface area contributed by atoms with E-state index in [0.717, 1.165) is 16.7 Å². The van der Waals surface area contributed by atoms with E-state index in [0.29, 0.717) is 39.6 Å². The van der Waals surface area contributed by atoms with E-state index in [-0.39, 0.29) is 12.2 Å². The Balaban J connectivity index is 1.29. The van der Waals surface area contributed by atoms with E-state index in [4.69, 9.17) is 33.2 Å². The molecule has 208 valence electrons. The molecule has 0 N–H and O–H groups in total. The van der Waals surface area contributed by atoms with Gasteiger partial charge in [-0.15, -0.1) is 0 Å². The highest BCUT2D eigenvalue weighted by molar-refractivity contribution is 5.15. The molecule has 7 heteroatoms. The van der Waals surface area contributed by atoms with Crippen molar-refractivity contribution in [3.63, 3.8) is 0 Å². The van der Waals surface area contributed by atoms with Crippen LogP contribution in [0, 0.1) is 0 Å². The van der Waals surface area contributed by atoms with Gasteiger partial charge in [0.25, 0.3) is 0 Å². The van der Waals surface area contributed by atoms with Gasteiger partial charge in [0, 0.05) is 0 Å². The molecule has 2 heterocycles. The van der Waals surface area contributed by atoms with E-state index < -0.39 is 24.3 Å². The van der Waals surface area contributed by atoms with Crippen molar-refractivity contribution in [3.8, 4) is 0 Å². The van der Waals surface area contributed by atoms with Gasteiger partial charge in [-0.1, -0.05) is 91.0 Å².